The van der Waals surface area contributed by atoms with E-state index in [1.807, 2.05) is 0 Å². The summed E-state index contributed by atoms with van der Waals surface area (Å²) in [6.07, 6.45) is 4.38. The number of hydrogen-bond donors (Lipinski definition) is 2. The molecule has 1 aromatic carbocycles. The van der Waals surface area contributed by atoms with Crippen molar-refractivity contribution in [1.29, 1.82) is 0 Å². The Kier molecular flexibility index (Phi) is 8.63. The Morgan fingerprint density at radius 3 is 2.73 bits per heavy atom. The van der Waals surface area contributed by atoms with Crippen LogP contribution in [0, 0.1) is 17.0 Å². The number of nitrogens with one attached hydrogen (secondary N) is 1. The molecule has 5 heterocycles. The molecule has 7 rings (SSSR count). The van der Waals surface area contributed by atoms with Crippen LogP contribution >= 0.6 is 11.3 Å². The van der Waals surface area contributed by atoms with Gasteiger partial charge in [-0.15, -0.1) is 0 Å². The van der Waals surface area contributed by atoms with E-state index >= 15 is 4.39 Å². The molecule has 254 valence electrons. The number of benzene rings is 1. The van der Waals surface area contributed by atoms with E-state index in [0.29, 0.717) is 19.8 Å². The van der Waals surface area contributed by atoms with Crippen LogP contribution in [0.25, 0.3) is 32.4 Å². The number of nitrogens with two attached hydrogens (primary N) is 1. The van der Waals surface area contributed by atoms with Crippen molar-refractivity contribution in [2.24, 2.45) is 5.41 Å². The molecule has 1 amide bonds. The molecule has 1 saturated carbocycles. The molecule has 2 aliphatic heterocycles. The molecule has 3 N–H and O–H groups in total. The minimum Gasteiger partial charge on any atom is -0.463 e. The number of pyridine rings is 1. The summed E-state index contributed by atoms with van der Waals surface area (Å²) < 4.78 is 68.8. The number of amides is 1. The van der Waals surface area contributed by atoms with E-state index in [9.17, 15) is 17.6 Å². The van der Waals surface area contributed by atoms with Crippen LogP contribution in [0.3, 0.4) is 0 Å². The van der Waals surface area contributed by atoms with E-state index < -0.39 is 33.4 Å². The number of fused-ring (bicyclic) bond motifs is 2. The quantitative estimate of drug-likeness (QED) is 0.246. The van der Waals surface area contributed by atoms with Gasteiger partial charge >= 0.3 is 6.01 Å². The zero-order valence-corrected chi connectivity index (χ0v) is 27.6. The molecule has 3 fully saturated rings. The third-order valence-electron chi connectivity index (χ3n) is 8.94. The lowest BCUT2D eigenvalue weighted by molar-refractivity contribution is -0.116. The molecule has 13 nitrogen and oxygen atoms in total. The number of halogens is 2. The largest absolute Gasteiger partial charge is 0.463 e. The highest BCUT2D eigenvalue weighted by Gasteiger charge is 2.45. The van der Waals surface area contributed by atoms with E-state index in [2.05, 4.69) is 36.7 Å². The van der Waals surface area contributed by atoms with Crippen molar-refractivity contribution < 1.29 is 31.5 Å². The third kappa shape index (κ3) is 6.63. The summed E-state index contributed by atoms with van der Waals surface area (Å²) in [5.41, 5.74) is 5.95. The number of ether oxygens (including phenoxy) is 2. The maximum Gasteiger partial charge on any atom is 0.319 e. The molecule has 1 atom stereocenters. The fourth-order valence-corrected chi connectivity index (χ4v) is 8.49. The molecule has 0 unspecified atom stereocenters. The van der Waals surface area contributed by atoms with E-state index in [1.165, 1.54) is 18.3 Å². The van der Waals surface area contributed by atoms with Crippen molar-refractivity contribution in [3.8, 4) is 17.3 Å². The van der Waals surface area contributed by atoms with Crippen molar-refractivity contribution in [2.45, 2.75) is 18.9 Å². The maximum atomic E-state index is 16.7. The van der Waals surface area contributed by atoms with Gasteiger partial charge in [0.1, 0.15) is 22.8 Å². The van der Waals surface area contributed by atoms with E-state index in [-0.39, 0.29) is 79.3 Å². The van der Waals surface area contributed by atoms with Gasteiger partial charge in [-0.3, -0.25) is 14.7 Å². The van der Waals surface area contributed by atoms with Crippen LogP contribution in [-0.2, 0) is 19.4 Å². The molecule has 48 heavy (non-hydrogen) atoms. The van der Waals surface area contributed by atoms with Gasteiger partial charge in [-0.25, -0.2) is 22.2 Å². The topological polar surface area (TPSA) is 166 Å². The number of nitrogen functional groups attached to an aromatic ring is 1. The average molecular weight is 701 g/mol. The number of thiazole rings is 1. The molecule has 3 aromatic heterocycles. The Morgan fingerprint density at radius 1 is 1.19 bits per heavy atom. The van der Waals surface area contributed by atoms with Crippen LogP contribution in [0.1, 0.15) is 12.8 Å². The first-order valence-corrected chi connectivity index (χ1v) is 18.2. The molecule has 0 radical (unpaired) electrons. The Balaban J connectivity index is 1.30. The van der Waals surface area contributed by atoms with E-state index in [1.54, 1.807) is 4.90 Å². The maximum absolute atomic E-state index is 16.7. The Labute approximate surface area is 279 Å². The molecule has 3 aliphatic rings. The van der Waals surface area contributed by atoms with Crippen molar-refractivity contribution >= 4 is 59.2 Å². The van der Waals surface area contributed by atoms with Gasteiger partial charge in [0, 0.05) is 49.9 Å². The molecule has 0 bridgehead atoms. The van der Waals surface area contributed by atoms with Gasteiger partial charge in [0.05, 0.1) is 53.0 Å². The highest BCUT2D eigenvalue weighted by molar-refractivity contribution is 7.91. The van der Waals surface area contributed by atoms with Gasteiger partial charge in [0.2, 0.25) is 5.91 Å². The number of anilines is 2. The monoisotopic (exact) mass is 700 g/mol. The van der Waals surface area contributed by atoms with Gasteiger partial charge in [0.25, 0.3) is 0 Å². The number of hydrogen-bond acceptors (Lipinski definition) is 13. The predicted octanol–water partition coefficient (Wildman–Crippen LogP) is 2.56. The third-order valence-corrected chi connectivity index (χ3v) is 11.5. The van der Waals surface area contributed by atoms with Gasteiger partial charge in [-0.1, -0.05) is 17.9 Å². The lowest BCUT2D eigenvalue weighted by Gasteiger charge is -2.30. The van der Waals surface area contributed by atoms with E-state index in [0.717, 1.165) is 49.9 Å². The van der Waals surface area contributed by atoms with Crippen LogP contribution in [0.5, 0.6) is 6.01 Å². The summed E-state index contributed by atoms with van der Waals surface area (Å²) in [6, 6.07) is 1.73. The first-order valence-electron chi connectivity index (χ1n) is 15.6. The van der Waals surface area contributed by atoms with Crippen molar-refractivity contribution in [3.05, 3.63) is 42.6 Å². The molecule has 4 aromatic rings. The molecule has 17 heteroatoms. The second kappa shape index (κ2) is 12.8. The van der Waals surface area contributed by atoms with Gasteiger partial charge in [-0.2, -0.15) is 9.97 Å². The van der Waals surface area contributed by atoms with Crippen molar-refractivity contribution in [2.75, 3.05) is 74.7 Å². The number of morpholine rings is 1. The van der Waals surface area contributed by atoms with Crippen LogP contribution in [0.4, 0.5) is 19.7 Å². The Bertz CT molecular complexity index is 2020. The molecular weight excluding hydrogens is 667 g/mol. The second-order valence-corrected chi connectivity index (χ2v) is 15.7. The van der Waals surface area contributed by atoms with Gasteiger partial charge in [-0.05, 0) is 31.1 Å². The second-order valence-electron chi connectivity index (χ2n) is 12.5. The normalized spacial score (nSPS) is 20.8. The lowest BCUT2D eigenvalue weighted by atomic mass is 10.1. The van der Waals surface area contributed by atoms with E-state index in [4.69, 9.17) is 15.2 Å². The molecule has 1 aliphatic carbocycles. The molecule has 2 saturated heterocycles. The number of rotatable bonds is 9. The smallest absolute Gasteiger partial charge is 0.319 e. The average Bonchev–Trinajstić information content (AvgIpc) is 3.74. The SMILES string of the molecule is C=CC(=O)N[C@@H]1CN(c2nc(OCC3(CN4CCOCC4)CC3)nc3c(F)c(-c4ccc(F)c5sc(N)nc45)ncc23)CCS(=O)(=O)C1. The van der Waals surface area contributed by atoms with Crippen LogP contribution in [0.15, 0.2) is 31.0 Å². The summed E-state index contributed by atoms with van der Waals surface area (Å²) in [4.78, 5) is 34.0. The van der Waals surface area contributed by atoms with Crippen LogP contribution in [0.2, 0.25) is 0 Å². The van der Waals surface area contributed by atoms with Crippen molar-refractivity contribution in [1.82, 2.24) is 30.2 Å². The first kappa shape index (κ1) is 32.5. The molecular formula is C31H34F2N8O5S2. The Morgan fingerprint density at radius 2 is 1.98 bits per heavy atom. The fraction of sp³-hybridized carbons (Fsp3) is 0.452. The summed E-state index contributed by atoms with van der Waals surface area (Å²) >= 11 is 0.949. The predicted molar refractivity (Wildman–Crippen MR) is 178 cm³/mol. The number of carbonyl (C=O) groups excluding carboxylic acids is 1. The fourth-order valence-electron chi connectivity index (χ4n) is 6.26. The summed E-state index contributed by atoms with van der Waals surface area (Å²) in [5, 5.41) is 3.02. The Hall–Kier alpha value is -4.06. The number of carbonyl (C=O) groups is 1. The number of aromatic nitrogens is 4. The molecule has 0 spiro atoms. The van der Waals surface area contributed by atoms with Gasteiger partial charge in [0.15, 0.2) is 20.8 Å². The summed E-state index contributed by atoms with van der Waals surface area (Å²) in [6.45, 7) is 7.70. The minimum atomic E-state index is -3.55. The van der Waals surface area contributed by atoms with Gasteiger partial charge < -0.3 is 25.4 Å². The van der Waals surface area contributed by atoms with Crippen LogP contribution in [-0.4, -0.2) is 109 Å². The highest BCUT2D eigenvalue weighted by Crippen LogP contribution is 2.47. The number of nitrogens with zero attached hydrogens (tertiary/aromatic N) is 6. The minimum absolute atomic E-state index is 0.0232. The standard InChI is InChI=1S/C31H34F2N8O5S2/c1-2-22(42)36-18-14-41(9-12-48(43,44)15-18)28-20-13-35-24(19-3-4-21(32)27-26(19)37-29(34)47-27)23(33)25(20)38-30(39-28)46-17-31(5-6-31)16-40-7-10-45-11-8-40/h2-4,13,18H,1,5-12,14-17H2,(H2,34,37)(H,36,42)/t18-/m1/s1. The summed E-state index contributed by atoms with van der Waals surface area (Å²) in [7, 11) is -3.55. The zero-order valence-electron chi connectivity index (χ0n) is 26.0. The summed E-state index contributed by atoms with van der Waals surface area (Å²) in [5.74, 6) is -2.16. The number of sulfone groups is 1. The van der Waals surface area contributed by atoms with Crippen molar-refractivity contribution in [3.63, 3.8) is 0 Å². The lowest BCUT2D eigenvalue weighted by Crippen LogP contribution is -2.45. The highest BCUT2D eigenvalue weighted by atomic mass is 32.2. The first-order chi connectivity index (χ1) is 23.0. The van der Waals surface area contributed by atoms with Crippen LogP contribution < -0.4 is 20.7 Å². The zero-order chi connectivity index (χ0) is 33.6.